The lowest BCUT2D eigenvalue weighted by Crippen LogP contribution is -2.07. The fourth-order valence-electron chi connectivity index (χ4n) is 0.417. The largest absolute Gasteiger partial charge is 0.389 e. The molecule has 70 valence electrons. The van der Waals surface area contributed by atoms with Crippen molar-refractivity contribution in [1.29, 1.82) is 0 Å². The highest BCUT2D eigenvalue weighted by Crippen LogP contribution is 2.20. The molecule has 0 unspecified atom stereocenters. The SMILES string of the molecule is CC.COCCCC(F)(F)F. The summed E-state index contributed by atoms with van der Waals surface area (Å²) in [7, 11) is 1.39. The van der Waals surface area contributed by atoms with Gasteiger partial charge < -0.3 is 4.74 Å². The van der Waals surface area contributed by atoms with Crippen LogP contribution in [-0.4, -0.2) is 19.9 Å². The standard InChI is InChI=1S/C5H9F3O.C2H6/c1-9-4-2-3-5(6,7)8;1-2/h2-4H2,1H3;1-2H3. The van der Waals surface area contributed by atoms with Gasteiger partial charge in [0.05, 0.1) is 0 Å². The summed E-state index contributed by atoms with van der Waals surface area (Å²) in [6.45, 7) is 4.18. The van der Waals surface area contributed by atoms with Gasteiger partial charge in [-0.05, 0) is 6.42 Å². The van der Waals surface area contributed by atoms with Gasteiger partial charge in [0.25, 0.3) is 0 Å². The number of rotatable bonds is 3. The number of methoxy groups -OCH3 is 1. The number of hydrogen-bond donors (Lipinski definition) is 0. The summed E-state index contributed by atoms with van der Waals surface area (Å²) >= 11 is 0. The quantitative estimate of drug-likeness (QED) is 0.594. The van der Waals surface area contributed by atoms with Crippen LogP contribution < -0.4 is 0 Å². The van der Waals surface area contributed by atoms with Gasteiger partial charge in [0.1, 0.15) is 0 Å². The van der Waals surface area contributed by atoms with E-state index in [-0.39, 0.29) is 13.0 Å². The molecule has 0 saturated heterocycles. The predicted octanol–water partition coefficient (Wildman–Crippen LogP) is 3.00. The molecule has 0 heterocycles. The molecule has 0 atom stereocenters. The molecule has 0 radical (unpaired) electrons. The normalized spacial score (nSPS) is 10.4. The zero-order valence-electron chi connectivity index (χ0n) is 7.16. The molecule has 0 bridgehead atoms. The second-order valence-electron chi connectivity index (χ2n) is 1.71. The first-order chi connectivity index (χ1) is 5.06. The Balaban J connectivity index is 0. The molecular weight excluding hydrogens is 157 g/mol. The van der Waals surface area contributed by atoms with Crippen LogP contribution in [-0.2, 0) is 4.74 Å². The van der Waals surface area contributed by atoms with Gasteiger partial charge >= 0.3 is 6.18 Å². The van der Waals surface area contributed by atoms with E-state index in [2.05, 4.69) is 4.74 Å². The molecule has 0 aliphatic rings. The zero-order valence-corrected chi connectivity index (χ0v) is 7.16. The maximum atomic E-state index is 11.3. The Morgan fingerprint density at radius 1 is 1.18 bits per heavy atom. The first kappa shape index (κ1) is 13.3. The molecule has 0 aromatic heterocycles. The molecule has 4 heteroatoms. The fourth-order valence-corrected chi connectivity index (χ4v) is 0.417. The van der Waals surface area contributed by atoms with Crippen LogP contribution in [0.3, 0.4) is 0 Å². The molecule has 11 heavy (non-hydrogen) atoms. The summed E-state index contributed by atoms with van der Waals surface area (Å²) in [5.41, 5.74) is 0. The molecular formula is C7H15F3O. The average Bonchev–Trinajstić information content (AvgIpc) is 1.90. The van der Waals surface area contributed by atoms with E-state index >= 15 is 0 Å². The summed E-state index contributed by atoms with van der Waals surface area (Å²) < 4.78 is 38.4. The van der Waals surface area contributed by atoms with Crippen molar-refractivity contribution >= 4 is 0 Å². The smallest absolute Gasteiger partial charge is 0.385 e. The van der Waals surface area contributed by atoms with Crippen molar-refractivity contribution < 1.29 is 17.9 Å². The number of ether oxygens (including phenoxy) is 1. The molecule has 0 aromatic rings. The number of halogens is 3. The molecule has 0 saturated carbocycles. The monoisotopic (exact) mass is 172 g/mol. The second-order valence-corrected chi connectivity index (χ2v) is 1.71. The molecule has 0 aromatic carbocycles. The summed E-state index contributed by atoms with van der Waals surface area (Å²) in [6, 6.07) is 0. The Labute approximate surface area is 65.5 Å². The van der Waals surface area contributed by atoms with Gasteiger partial charge in [-0.25, -0.2) is 0 Å². The van der Waals surface area contributed by atoms with Crippen molar-refractivity contribution in [3.05, 3.63) is 0 Å². The van der Waals surface area contributed by atoms with E-state index in [0.717, 1.165) is 0 Å². The van der Waals surface area contributed by atoms with Gasteiger partial charge in [0, 0.05) is 20.1 Å². The maximum absolute atomic E-state index is 11.3. The van der Waals surface area contributed by atoms with E-state index in [1.807, 2.05) is 13.8 Å². The summed E-state index contributed by atoms with van der Waals surface area (Å²) in [4.78, 5) is 0. The first-order valence-corrected chi connectivity index (χ1v) is 3.62. The van der Waals surface area contributed by atoms with Gasteiger partial charge in [-0.15, -0.1) is 0 Å². The summed E-state index contributed by atoms with van der Waals surface area (Å²) in [5, 5.41) is 0. The predicted molar refractivity (Wildman–Crippen MR) is 38.5 cm³/mol. The van der Waals surface area contributed by atoms with Crippen LogP contribution in [0.5, 0.6) is 0 Å². The Kier molecular flexibility index (Phi) is 9.53. The topological polar surface area (TPSA) is 9.23 Å². The molecule has 0 amide bonds. The lowest BCUT2D eigenvalue weighted by molar-refractivity contribution is -0.137. The molecule has 1 nitrogen and oxygen atoms in total. The third-order valence-electron chi connectivity index (χ3n) is 0.809. The van der Waals surface area contributed by atoms with Crippen LogP contribution in [0.4, 0.5) is 13.2 Å². The third kappa shape index (κ3) is 17.7. The lowest BCUT2D eigenvalue weighted by Gasteiger charge is -2.03. The first-order valence-electron chi connectivity index (χ1n) is 3.62. The minimum atomic E-state index is -4.03. The molecule has 0 aliphatic heterocycles. The van der Waals surface area contributed by atoms with E-state index in [1.54, 1.807) is 0 Å². The third-order valence-corrected chi connectivity index (χ3v) is 0.809. The van der Waals surface area contributed by atoms with E-state index in [9.17, 15) is 13.2 Å². The number of hydrogen-bond acceptors (Lipinski definition) is 1. The Morgan fingerprint density at radius 2 is 1.64 bits per heavy atom. The van der Waals surface area contributed by atoms with E-state index in [1.165, 1.54) is 7.11 Å². The zero-order chi connectivity index (χ0) is 9.33. The minimum absolute atomic E-state index is 0.0556. The van der Waals surface area contributed by atoms with Crippen molar-refractivity contribution in [2.24, 2.45) is 0 Å². The Bertz CT molecular complexity index is 70.6. The Hall–Kier alpha value is -0.250. The molecule has 0 aliphatic carbocycles. The molecule has 0 spiro atoms. The average molecular weight is 172 g/mol. The highest BCUT2D eigenvalue weighted by Gasteiger charge is 2.25. The van der Waals surface area contributed by atoms with Crippen LogP contribution in [0, 0.1) is 0 Å². The van der Waals surface area contributed by atoms with E-state index < -0.39 is 12.6 Å². The molecule has 0 rings (SSSR count). The van der Waals surface area contributed by atoms with Crippen molar-refractivity contribution in [3.8, 4) is 0 Å². The lowest BCUT2D eigenvalue weighted by atomic mass is 10.3. The van der Waals surface area contributed by atoms with Gasteiger partial charge in [-0.3, -0.25) is 0 Å². The van der Waals surface area contributed by atoms with Gasteiger partial charge in [0.2, 0.25) is 0 Å². The van der Waals surface area contributed by atoms with Gasteiger partial charge in [-0.2, -0.15) is 13.2 Å². The van der Waals surface area contributed by atoms with Crippen molar-refractivity contribution in [2.45, 2.75) is 32.9 Å². The maximum Gasteiger partial charge on any atom is 0.389 e. The van der Waals surface area contributed by atoms with Crippen molar-refractivity contribution in [2.75, 3.05) is 13.7 Å². The highest BCUT2D eigenvalue weighted by molar-refractivity contribution is 4.48. The van der Waals surface area contributed by atoms with Crippen LogP contribution in [0.1, 0.15) is 26.7 Å². The van der Waals surface area contributed by atoms with E-state index in [0.29, 0.717) is 0 Å². The molecule has 0 N–H and O–H groups in total. The number of alkyl halides is 3. The summed E-state index contributed by atoms with van der Waals surface area (Å²) in [5.74, 6) is 0. The van der Waals surface area contributed by atoms with Crippen LogP contribution in [0.15, 0.2) is 0 Å². The van der Waals surface area contributed by atoms with Crippen molar-refractivity contribution in [3.63, 3.8) is 0 Å². The highest BCUT2D eigenvalue weighted by atomic mass is 19.4. The Morgan fingerprint density at radius 3 is 1.91 bits per heavy atom. The van der Waals surface area contributed by atoms with Crippen molar-refractivity contribution in [1.82, 2.24) is 0 Å². The van der Waals surface area contributed by atoms with Crippen LogP contribution >= 0.6 is 0 Å². The van der Waals surface area contributed by atoms with Crippen LogP contribution in [0.2, 0.25) is 0 Å². The second kappa shape index (κ2) is 7.85. The van der Waals surface area contributed by atoms with Crippen LogP contribution in [0.25, 0.3) is 0 Å². The van der Waals surface area contributed by atoms with E-state index in [4.69, 9.17) is 0 Å². The summed E-state index contributed by atoms with van der Waals surface area (Å²) in [6.07, 6.45) is -4.72. The fraction of sp³-hybridized carbons (Fsp3) is 1.00. The minimum Gasteiger partial charge on any atom is -0.385 e. The molecule has 0 fully saturated rings. The van der Waals surface area contributed by atoms with Gasteiger partial charge in [0.15, 0.2) is 0 Å². The van der Waals surface area contributed by atoms with Gasteiger partial charge in [-0.1, -0.05) is 13.8 Å².